The van der Waals surface area contributed by atoms with Gasteiger partial charge in [0.15, 0.2) is 11.5 Å². The second-order valence-electron chi connectivity index (χ2n) is 7.13. The van der Waals surface area contributed by atoms with Crippen LogP contribution in [-0.2, 0) is 21.9 Å². The van der Waals surface area contributed by atoms with Crippen molar-refractivity contribution in [2.24, 2.45) is 0 Å². The van der Waals surface area contributed by atoms with E-state index < -0.39 is 35.0 Å². The average molecular weight is 478 g/mol. The summed E-state index contributed by atoms with van der Waals surface area (Å²) < 4.78 is 87.7. The second kappa shape index (κ2) is 8.36. The molecule has 0 unspecified atom stereocenters. The number of hydrogen-bond acceptors (Lipinski definition) is 4. The van der Waals surface area contributed by atoms with Crippen LogP contribution >= 0.6 is 0 Å². The lowest BCUT2D eigenvalue weighted by Gasteiger charge is -2.22. The van der Waals surface area contributed by atoms with Crippen molar-refractivity contribution in [2.75, 3.05) is 0 Å². The van der Waals surface area contributed by atoms with Crippen LogP contribution < -0.4 is 9.47 Å². The fourth-order valence-electron chi connectivity index (χ4n) is 3.18. The molecule has 0 bridgehead atoms. The third kappa shape index (κ3) is 4.66. The van der Waals surface area contributed by atoms with Gasteiger partial charge >= 0.3 is 12.4 Å². The van der Waals surface area contributed by atoms with Crippen molar-refractivity contribution in [3.8, 4) is 11.5 Å². The van der Waals surface area contributed by atoms with Gasteiger partial charge in [-0.15, -0.1) is 0 Å². The molecule has 0 amide bonds. The highest BCUT2D eigenvalue weighted by Gasteiger charge is 2.32. The van der Waals surface area contributed by atoms with Crippen LogP contribution in [0.3, 0.4) is 0 Å². The number of allylic oxidation sites excluding steroid dienone is 6. The van der Waals surface area contributed by atoms with Gasteiger partial charge in [-0.2, -0.15) is 26.3 Å². The van der Waals surface area contributed by atoms with Crippen molar-refractivity contribution in [1.82, 2.24) is 0 Å². The van der Waals surface area contributed by atoms with Crippen LogP contribution in [0, 0.1) is 0 Å². The maximum absolute atomic E-state index is 12.8. The van der Waals surface area contributed by atoms with Crippen LogP contribution in [0.1, 0.15) is 11.1 Å². The molecule has 4 rings (SSSR count). The van der Waals surface area contributed by atoms with E-state index in [4.69, 9.17) is 9.47 Å². The lowest BCUT2D eigenvalue weighted by atomic mass is 9.91. The molecule has 2 aromatic rings. The van der Waals surface area contributed by atoms with Crippen molar-refractivity contribution in [3.63, 3.8) is 0 Å². The summed E-state index contributed by atoms with van der Waals surface area (Å²) in [6.45, 7) is 0. The number of fused-ring (bicyclic) bond motifs is 1. The van der Waals surface area contributed by atoms with Gasteiger partial charge in [-0.25, -0.2) is 0 Å². The van der Waals surface area contributed by atoms with Crippen molar-refractivity contribution >= 4 is 11.6 Å². The van der Waals surface area contributed by atoms with Gasteiger partial charge < -0.3 is 9.47 Å². The number of carbonyl (C=O) groups excluding carboxylic acids is 2. The molecule has 0 heterocycles. The highest BCUT2D eigenvalue weighted by molar-refractivity contribution is 6.11. The monoisotopic (exact) mass is 478 g/mol. The molecular weight excluding hydrogens is 466 g/mol. The van der Waals surface area contributed by atoms with E-state index in [0.717, 1.165) is 60.7 Å². The molecule has 34 heavy (non-hydrogen) atoms. The van der Waals surface area contributed by atoms with Gasteiger partial charge in [0.05, 0.1) is 11.1 Å². The van der Waals surface area contributed by atoms with Gasteiger partial charge in [0.25, 0.3) is 0 Å². The Morgan fingerprint density at radius 2 is 0.824 bits per heavy atom. The summed E-state index contributed by atoms with van der Waals surface area (Å²) in [5.41, 5.74) is -1.53. The number of rotatable bonds is 4. The zero-order chi connectivity index (χ0) is 24.7. The molecule has 2 aromatic carbocycles. The van der Waals surface area contributed by atoms with Crippen LogP contribution in [-0.4, -0.2) is 11.6 Å². The summed E-state index contributed by atoms with van der Waals surface area (Å²) in [5, 5.41) is 0. The molecule has 2 aliphatic rings. The molecule has 0 N–H and O–H groups in total. The molecule has 0 fully saturated rings. The van der Waals surface area contributed by atoms with Crippen molar-refractivity contribution in [1.29, 1.82) is 0 Å². The first-order valence-electron chi connectivity index (χ1n) is 9.57. The summed E-state index contributed by atoms with van der Waals surface area (Å²) >= 11 is 0. The van der Waals surface area contributed by atoms with Gasteiger partial charge in [0, 0.05) is 11.1 Å². The Bertz CT molecular complexity index is 1170. The zero-order valence-electron chi connectivity index (χ0n) is 16.8. The van der Waals surface area contributed by atoms with Gasteiger partial charge in [-0.3, -0.25) is 9.59 Å². The summed E-state index contributed by atoms with van der Waals surface area (Å²) in [5.74, 6) is -1.81. The number of ether oxygens (including phenoxy) is 2. The topological polar surface area (TPSA) is 52.6 Å². The summed E-state index contributed by atoms with van der Waals surface area (Å²) in [6, 6.07) is 7.34. The zero-order valence-corrected chi connectivity index (χ0v) is 16.8. The van der Waals surface area contributed by atoms with E-state index in [9.17, 15) is 35.9 Å². The molecule has 0 aliphatic heterocycles. The average Bonchev–Trinajstić information content (AvgIpc) is 2.77. The predicted molar refractivity (Wildman–Crippen MR) is 106 cm³/mol. The largest absolute Gasteiger partial charge is 0.453 e. The van der Waals surface area contributed by atoms with Crippen LogP contribution in [0.25, 0.3) is 0 Å². The number of ketones is 2. The van der Waals surface area contributed by atoms with E-state index in [0.29, 0.717) is 0 Å². The lowest BCUT2D eigenvalue weighted by molar-refractivity contribution is -0.138. The van der Waals surface area contributed by atoms with Gasteiger partial charge in [-0.1, -0.05) is 0 Å². The van der Waals surface area contributed by atoms with Crippen molar-refractivity contribution in [3.05, 3.63) is 107 Å². The Kier molecular flexibility index (Phi) is 5.68. The summed E-state index contributed by atoms with van der Waals surface area (Å²) in [7, 11) is 0. The summed E-state index contributed by atoms with van der Waals surface area (Å²) in [6.07, 6.45) is -4.34. The normalized spacial score (nSPS) is 16.2. The first-order valence-corrected chi connectivity index (χ1v) is 9.57. The number of alkyl halides is 6. The standard InChI is InChI=1S/C24H12F6O4/c25-23(26,27)13-1-5-15(6-2-13)33-21-17-9-12-20(32)22(18(17)10-11-19(21)31)34-16-7-3-14(4-8-16)24(28,29)30/h1-12H. The molecule has 0 saturated carbocycles. The van der Waals surface area contributed by atoms with Gasteiger partial charge in [0.2, 0.25) is 11.6 Å². The van der Waals surface area contributed by atoms with E-state index in [1.165, 1.54) is 12.2 Å². The number of carbonyl (C=O) groups is 2. The van der Waals surface area contributed by atoms with Gasteiger partial charge in [-0.05, 0) is 72.8 Å². The molecular formula is C24H12F6O4. The fourth-order valence-corrected chi connectivity index (χ4v) is 3.18. The van der Waals surface area contributed by atoms with Crippen molar-refractivity contribution < 1.29 is 45.4 Å². The third-order valence-electron chi connectivity index (χ3n) is 4.83. The number of hydrogen-bond donors (Lipinski definition) is 0. The van der Waals surface area contributed by atoms with Crippen LogP contribution in [0.15, 0.2) is 95.5 Å². The second-order valence-corrected chi connectivity index (χ2v) is 7.13. The molecule has 0 radical (unpaired) electrons. The molecule has 2 aliphatic carbocycles. The Labute approximate surface area is 188 Å². The molecule has 174 valence electrons. The minimum Gasteiger partial charge on any atom is -0.453 e. The smallest absolute Gasteiger partial charge is 0.416 e. The number of halogens is 6. The highest BCUT2D eigenvalue weighted by atomic mass is 19.4. The van der Waals surface area contributed by atoms with E-state index in [-0.39, 0.29) is 34.2 Å². The van der Waals surface area contributed by atoms with E-state index in [2.05, 4.69) is 0 Å². The predicted octanol–water partition coefficient (Wildman–Crippen LogP) is 5.97. The molecule has 0 aromatic heterocycles. The molecule has 10 heteroatoms. The van der Waals surface area contributed by atoms with E-state index in [1.807, 2.05) is 0 Å². The summed E-state index contributed by atoms with van der Waals surface area (Å²) in [4.78, 5) is 24.8. The fraction of sp³-hybridized carbons (Fsp3) is 0.0833. The Balaban J connectivity index is 1.67. The maximum Gasteiger partial charge on any atom is 0.416 e. The minimum absolute atomic E-state index is 0.0472. The Morgan fingerprint density at radius 3 is 1.12 bits per heavy atom. The third-order valence-corrected chi connectivity index (χ3v) is 4.83. The molecule has 4 nitrogen and oxygen atoms in total. The lowest BCUT2D eigenvalue weighted by Crippen LogP contribution is -2.20. The minimum atomic E-state index is -4.54. The quantitative estimate of drug-likeness (QED) is 0.509. The first-order chi connectivity index (χ1) is 15.9. The molecule has 0 atom stereocenters. The van der Waals surface area contributed by atoms with Crippen molar-refractivity contribution in [2.45, 2.75) is 12.4 Å². The Hall–Kier alpha value is -4.08. The SMILES string of the molecule is O=C1C=CC2=C(Oc3ccc(C(F)(F)F)cc3)C(=O)C=CC2=C1Oc1ccc(C(F)(F)F)cc1. The maximum atomic E-state index is 12.8. The molecule has 0 saturated heterocycles. The van der Waals surface area contributed by atoms with Crippen LogP contribution in [0.5, 0.6) is 11.5 Å². The van der Waals surface area contributed by atoms with E-state index >= 15 is 0 Å². The molecule has 0 spiro atoms. The number of benzene rings is 2. The van der Waals surface area contributed by atoms with E-state index in [1.54, 1.807) is 0 Å². The van der Waals surface area contributed by atoms with Crippen LogP contribution in [0.2, 0.25) is 0 Å². The Morgan fingerprint density at radius 1 is 0.500 bits per heavy atom. The first kappa shape index (κ1) is 23.1. The van der Waals surface area contributed by atoms with Crippen LogP contribution in [0.4, 0.5) is 26.3 Å². The highest BCUT2D eigenvalue weighted by Crippen LogP contribution is 2.35. The van der Waals surface area contributed by atoms with Gasteiger partial charge in [0.1, 0.15) is 11.5 Å².